The second-order valence-corrected chi connectivity index (χ2v) is 10.8. The van der Waals surface area contributed by atoms with Gasteiger partial charge in [-0.05, 0) is 78.6 Å². The molecule has 0 unspecified atom stereocenters. The highest BCUT2D eigenvalue weighted by atomic mass is 32.2. The fourth-order valence-corrected chi connectivity index (χ4v) is 5.71. The third-order valence-electron chi connectivity index (χ3n) is 7.17. The van der Waals surface area contributed by atoms with Gasteiger partial charge < -0.3 is 30.2 Å². The number of fused-ring (bicyclic) bond motifs is 3. The van der Waals surface area contributed by atoms with Crippen molar-refractivity contribution in [3.05, 3.63) is 69.9 Å². The number of hydrogen-bond acceptors (Lipinski definition) is 8. The molecule has 10 heteroatoms. The molecule has 1 aliphatic rings. The lowest BCUT2D eigenvalue weighted by molar-refractivity contribution is -0.119. The number of ether oxygens (including phenoxy) is 3. The van der Waals surface area contributed by atoms with Crippen LogP contribution in [0.15, 0.2) is 58.2 Å². The molecule has 0 bridgehead atoms. The number of anilines is 2. The summed E-state index contributed by atoms with van der Waals surface area (Å²) in [7, 11) is 4.69. The summed E-state index contributed by atoms with van der Waals surface area (Å²) in [5, 5.41) is 9.14. The number of rotatable bonds is 11. The van der Waals surface area contributed by atoms with E-state index in [0.717, 1.165) is 27.3 Å². The number of carbonyl (C=O) groups is 2. The molecule has 42 heavy (non-hydrogen) atoms. The van der Waals surface area contributed by atoms with Crippen LogP contribution in [0.25, 0.3) is 11.1 Å². The lowest BCUT2D eigenvalue weighted by Crippen LogP contribution is -2.26. The van der Waals surface area contributed by atoms with E-state index >= 15 is 0 Å². The van der Waals surface area contributed by atoms with Crippen molar-refractivity contribution in [1.29, 1.82) is 0 Å². The van der Waals surface area contributed by atoms with Gasteiger partial charge in [0.1, 0.15) is 0 Å². The first kappa shape index (κ1) is 30.8. The Bertz CT molecular complexity index is 1530. The van der Waals surface area contributed by atoms with E-state index in [9.17, 15) is 14.4 Å². The Morgan fingerprint density at radius 1 is 1.00 bits per heavy atom. The highest BCUT2D eigenvalue weighted by Crippen LogP contribution is 2.50. The van der Waals surface area contributed by atoms with Crippen LogP contribution in [-0.4, -0.2) is 45.9 Å². The monoisotopic (exact) mass is 591 g/mol. The van der Waals surface area contributed by atoms with Crippen LogP contribution in [-0.2, 0) is 16.0 Å². The summed E-state index contributed by atoms with van der Waals surface area (Å²) in [6.07, 6.45) is 4.03. The second-order valence-electron chi connectivity index (χ2n) is 9.91. The van der Waals surface area contributed by atoms with Gasteiger partial charge in [0, 0.05) is 36.0 Å². The summed E-state index contributed by atoms with van der Waals surface area (Å²) >= 11 is 1.61. The molecule has 0 aromatic heterocycles. The molecule has 1 atom stereocenters. The number of methoxy groups -OCH3 is 3. The maximum absolute atomic E-state index is 13.4. The van der Waals surface area contributed by atoms with Gasteiger partial charge in [0.2, 0.25) is 23.0 Å². The van der Waals surface area contributed by atoms with Crippen LogP contribution < -0.4 is 35.6 Å². The maximum Gasteiger partial charge on any atom is 0.224 e. The SMILES string of the molecule is COc1cc2c(c(OC)c1OC)-c1ccc(NCCCC(=O)Nc3cccc(SC)c3)c(=O)cc1[C@H](NC(C)=O)CC2. The van der Waals surface area contributed by atoms with E-state index in [4.69, 9.17) is 14.2 Å². The van der Waals surface area contributed by atoms with Gasteiger partial charge >= 0.3 is 0 Å². The molecule has 3 N–H and O–H groups in total. The molecule has 0 heterocycles. The molecule has 0 aliphatic heterocycles. The lowest BCUT2D eigenvalue weighted by Gasteiger charge is -2.19. The zero-order valence-corrected chi connectivity index (χ0v) is 25.4. The van der Waals surface area contributed by atoms with Gasteiger partial charge in [0.25, 0.3) is 0 Å². The Balaban J connectivity index is 1.61. The van der Waals surface area contributed by atoms with Crippen molar-refractivity contribution in [2.45, 2.75) is 43.5 Å². The number of hydrogen-bond donors (Lipinski definition) is 3. The van der Waals surface area contributed by atoms with Crippen LogP contribution >= 0.6 is 11.8 Å². The van der Waals surface area contributed by atoms with Crippen LogP contribution in [0.1, 0.15) is 43.4 Å². The minimum absolute atomic E-state index is 0.0889. The third kappa shape index (κ3) is 6.99. The van der Waals surface area contributed by atoms with Gasteiger partial charge in [-0.1, -0.05) is 12.1 Å². The number of amides is 2. The Morgan fingerprint density at radius 3 is 2.48 bits per heavy atom. The van der Waals surface area contributed by atoms with Gasteiger partial charge in [0.15, 0.2) is 11.5 Å². The van der Waals surface area contributed by atoms with Crippen LogP contribution in [0.3, 0.4) is 0 Å². The average Bonchev–Trinajstić information content (AvgIpc) is 3.22. The molecule has 0 radical (unpaired) electrons. The molecule has 9 nitrogen and oxygen atoms in total. The molecule has 2 amide bonds. The van der Waals surface area contributed by atoms with E-state index in [1.54, 1.807) is 45.2 Å². The summed E-state index contributed by atoms with van der Waals surface area (Å²) in [4.78, 5) is 39.1. The number of thioether (sulfide) groups is 1. The number of nitrogens with one attached hydrogen (secondary N) is 3. The van der Waals surface area contributed by atoms with Crippen molar-refractivity contribution in [2.75, 3.05) is 44.8 Å². The van der Waals surface area contributed by atoms with Gasteiger partial charge in [-0.15, -0.1) is 11.8 Å². The number of carbonyl (C=O) groups excluding carboxylic acids is 2. The minimum Gasteiger partial charge on any atom is -0.493 e. The summed E-state index contributed by atoms with van der Waals surface area (Å²) in [5.41, 5.74) is 4.15. The Labute approximate surface area is 250 Å². The quantitative estimate of drug-likeness (QED) is 0.200. The Kier molecular flexibility index (Phi) is 10.4. The predicted molar refractivity (Wildman–Crippen MR) is 167 cm³/mol. The maximum atomic E-state index is 13.4. The topological polar surface area (TPSA) is 115 Å². The zero-order chi connectivity index (χ0) is 30.2. The van der Waals surface area contributed by atoms with Crippen LogP contribution in [0, 0.1) is 0 Å². The van der Waals surface area contributed by atoms with E-state index in [-0.39, 0.29) is 23.3 Å². The van der Waals surface area contributed by atoms with E-state index < -0.39 is 0 Å². The smallest absolute Gasteiger partial charge is 0.224 e. The molecule has 0 fully saturated rings. The molecular formula is C32H37N3O6S. The molecule has 0 saturated carbocycles. The van der Waals surface area contributed by atoms with Crippen molar-refractivity contribution in [2.24, 2.45) is 0 Å². The van der Waals surface area contributed by atoms with Crippen molar-refractivity contribution in [3.8, 4) is 28.4 Å². The van der Waals surface area contributed by atoms with Crippen molar-refractivity contribution in [1.82, 2.24) is 5.32 Å². The van der Waals surface area contributed by atoms with E-state index in [0.29, 0.717) is 60.7 Å². The minimum atomic E-state index is -0.382. The fraction of sp³-hybridized carbons (Fsp3) is 0.344. The van der Waals surface area contributed by atoms with E-state index in [1.807, 2.05) is 42.7 Å². The fourth-order valence-electron chi connectivity index (χ4n) is 5.25. The average molecular weight is 592 g/mol. The summed E-state index contributed by atoms with van der Waals surface area (Å²) in [6, 6.07) is 14.4. The van der Waals surface area contributed by atoms with Gasteiger partial charge in [-0.25, -0.2) is 0 Å². The van der Waals surface area contributed by atoms with Gasteiger partial charge in [-0.3, -0.25) is 14.4 Å². The lowest BCUT2D eigenvalue weighted by atomic mass is 9.95. The van der Waals surface area contributed by atoms with E-state index in [2.05, 4.69) is 16.0 Å². The number of aryl methyl sites for hydroxylation is 1. The van der Waals surface area contributed by atoms with Gasteiger partial charge in [-0.2, -0.15) is 0 Å². The highest BCUT2D eigenvalue weighted by molar-refractivity contribution is 7.98. The highest BCUT2D eigenvalue weighted by Gasteiger charge is 2.29. The summed E-state index contributed by atoms with van der Waals surface area (Å²) < 4.78 is 17.1. The van der Waals surface area contributed by atoms with Gasteiger partial charge in [0.05, 0.1) is 33.1 Å². The molecule has 222 valence electrons. The standard InChI is InChI=1S/C32H37N3O6S/c1-19(36)34-25-13-11-20-16-28(39-2)31(40-3)32(41-4)30(20)23-12-14-26(27(37)18-24(23)25)33-15-7-10-29(38)35-21-8-6-9-22(17-21)42-5/h6,8-9,12,14,16-18,25H,7,10-11,13,15H2,1-5H3,(H,33,37)(H,34,36)(H,35,38)/t25-/m1/s1. The molecule has 1 aliphatic carbocycles. The molecular weight excluding hydrogens is 554 g/mol. The van der Waals surface area contributed by atoms with E-state index in [1.165, 1.54) is 6.92 Å². The zero-order valence-electron chi connectivity index (χ0n) is 24.6. The molecule has 0 saturated heterocycles. The van der Waals surface area contributed by atoms with Crippen LogP contribution in [0.5, 0.6) is 17.2 Å². The Hall–Kier alpha value is -4.18. The third-order valence-corrected chi connectivity index (χ3v) is 7.89. The van der Waals surface area contributed by atoms with Crippen molar-refractivity contribution >= 4 is 35.0 Å². The second kappa shape index (κ2) is 14.1. The molecule has 3 aromatic rings. The summed E-state index contributed by atoms with van der Waals surface area (Å²) in [6.45, 7) is 1.90. The summed E-state index contributed by atoms with van der Waals surface area (Å²) in [5.74, 6) is 1.22. The normalized spacial score (nSPS) is 13.6. The Morgan fingerprint density at radius 2 is 1.79 bits per heavy atom. The largest absolute Gasteiger partial charge is 0.493 e. The first-order chi connectivity index (χ1) is 20.3. The van der Waals surface area contributed by atoms with Crippen LogP contribution in [0.2, 0.25) is 0 Å². The van der Waals surface area contributed by atoms with Crippen LogP contribution in [0.4, 0.5) is 11.4 Å². The molecule has 4 rings (SSSR count). The van der Waals surface area contributed by atoms with Crippen molar-refractivity contribution < 1.29 is 23.8 Å². The molecule has 3 aromatic carbocycles. The molecule has 0 spiro atoms. The number of benzene rings is 2. The first-order valence-electron chi connectivity index (χ1n) is 13.7. The first-order valence-corrected chi connectivity index (χ1v) is 15.0. The predicted octanol–water partition coefficient (Wildman–Crippen LogP) is 5.42. The van der Waals surface area contributed by atoms with Crippen molar-refractivity contribution in [3.63, 3.8) is 0 Å².